The molecule has 0 heterocycles. The molecular formula is C12H12INO4. The van der Waals surface area contributed by atoms with E-state index in [0.29, 0.717) is 9.14 Å². The standard InChI is InChI=1S/C12H12INO4/c1-7(13)11(8(2)15)12(16)9-3-5-10(6-4-9)14(17)18/h3-6,11-12,16H,1H2,2H3/t11-,12?/m1/s1. The first kappa shape index (κ1) is 14.8. The van der Waals surface area contributed by atoms with E-state index in [1.807, 2.05) is 22.6 Å². The first-order chi connectivity index (χ1) is 8.34. The molecule has 0 saturated carbocycles. The monoisotopic (exact) mass is 361 g/mol. The minimum absolute atomic E-state index is 0.0568. The van der Waals surface area contributed by atoms with Crippen LogP contribution in [0.15, 0.2) is 34.4 Å². The molecule has 0 aromatic heterocycles. The van der Waals surface area contributed by atoms with E-state index in [1.165, 1.54) is 31.2 Å². The fraction of sp³-hybridized carbons (Fsp3) is 0.250. The smallest absolute Gasteiger partial charge is 0.269 e. The van der Waals surface area contributed by atoms with Gasteiger partial charge in [0.2, 0.25) is 0 Å². The summed E-state index contributed by atoms with van der Waals surface area (Å²) in [5.41, 5.74) is 0.400. The fourth-order valence-corrected chi connectivity index (χ4v) is 2.38. The Kier molecular flexibility index (Phi) is 4.97. The Labute approximate surface area is 118 Å². The van der Waals surface area contributed by atoms with E-state index in [9.17, 15) is 20.0 Å². The molecule has 0 aliphatic carbocycles. The number of nitro benzene ring substituents is 1. The Morgan fingerprint density at radius 3 is 2.28 bits per heavy atom. The highest BCUT2D eigenvalue weighted by molar-refractivity contribution is 14.1. The van der Waals surface area contributed by atoms with Crippen molar-refractivity contribution in [3.63, 3.8) is 0 Å². The van der Waals surface area contributed by atoms with Gasteiger partial charge in [-0.3, -0.25) is 14.9 Å². The third kappa shape index (κ3) is 3.36. The Morgan fingerprint density at radius 1 is 1.44 bits per heavy atom. The normalized spacial score (nSPS) is 13.7. The van der Waals surface area contributed by atoms with Crippen LogP contribution in [0.25, 0.3) is 0 Å². The quantitative estimate of drug-likeness (QED) is 0.497. The molecule has 0 fully saturated rings. The van der Waals surface area contributed by atoms with Gasteiger partial charge in [-0.25, -0.2) is 0 Å². The van der Waals surface area contributed by atoms with Crippen LogP contribution in [-0.2, 0) is 4.79 Å². The first-order valence-corrected chi connectivity index (χ1v) is 6.19. The van der Waals surface area contributed by atoms with Gasteiger partial charge in [-0.05, 0) is 50.8 Å². The molecule has 0 spiro atoms. The molecule has 0 amide bonds. The number of hydrogen-bond acceptors (Lipinski definition) is 4. The van der Waals surface area contributed by atoms with Crippen molar-refractivity contribution in [3.8, 4) is 0 Å². The number of halogens is 1. The number of rotatable bonds is 5. The van der Waals surface area contributed by atoms with E-state index in [2.05, 4.69) is 6.58 Å². The maximum absolute atomic E-state index is 11.4. The van der Waals surface area contributed by atoms with Crippen molar-refractivity contribution in [2.75, 3.05) is 0 Å². The summed E-state index contributed by atoms with van der Waals surface area (Å²) in [6, 6.07) is 5.48. The number of carbonyl (C=O) groups excluding carboxylic acids is 1. The number of hydrogen-bond donors (Lipinski definition) is 1. The molecule has 1 aromatic rings. The van der Waals surface area contributed by atoms with E-state index in [0.717, 1.165) is 0 Å². The molecule has 5 nitrogen and oxygen atoms in total. The highest BCUT2D eigenvalue weighted by Gasteiger charge is 2.27. The van der Waals surface area contributed by atoms with E-state index in [-0.39, 0.29) is 11.5 Å². The number of ketones is 1. The van der Waals surface area contributed by atoms with Crippen molar-refractivity contribution in [1.29, 1.82) is 0 Å². The molecular weight excluding hydrogens is 349 g/mol. The van der Waals surface area contributed by atoms with Crippen LogP contribution in [0.4, 0.5) is 5.69 Å². The summed E-state index contributed by atoms with van der Waals surface area (Å²) < 4.78 is 0.533. The lowest BCUT2D eigenvalue weighted by Crippen LogP contribution is -2.20. The summed E-state index contributed by atoms with van der Waals surface area (Å²) in [5.74, 6) is -0.896. The summed E-state index contributed by atoms with van der Waals surface area (Å²) in [6.45, 7) is 5.04. The van der Waals surface area contributed by atoms with Gasteiger partial charge in [-0.15, -0.1) is 0 Å². The predicted molar refractivity (Wildman–Crippen MR) is 75.4 cm³/mol. The number of Topliss-reactive ketones (excluding diaryl/α,β-unsaturated/α-hetero) is 1. The molecule has 1 rings (SSSR count). The SMILES string of the molecule is C=C(I)[C@H](C(C)=O)C(O)c1ccc([N+](=O)[O-])cc1. The second kappa shape index (κ2) is 6.05. The van der Waals surface area contributed by atoms with Crippen LogP contribution in [0.3, 0.4) is 0 Å². The van der Waals surface area contributed by atoms with Gasteiger partial charge in [0.1, 0.15) is 5.78 Å². The number of aliphatic hydroxyl groups excluding tert-OH is 1. The maximum Gasteiger partial charge on any atom is 0.269 e. The largest absolute Gasteiger partial charge is 0.387 e. The molecule has 1 aromatic carbocycles. The molecule has 6 heteroatoms. The minimum Gasteiger partial charge on any atom is -0.387 e. The summed E-state index contributed by atoms with van der Waals surface area (Å²) in [7, 11) is 0. The molecule has 2 atom stereocenters. The van der Waals surface area contributed by atoms with Gasteiger partial charge in [0.15, 0.2) is 0 Å². The molecule has 0 bridgehead atoms. The third-order valence-corrected chi connectivity index (χ3v) is 3.21. The van der Waals surface area contributed by atoms with Crippen molar-refractivity contribution in [1.82, 2.24) is 0 Å². The third-order valence-electron chi connectivity index (χ3n) is 2.54. The van der Waals surface area contributed by atoms with Gasteiger partial charge in [-0.2, -0.15) is 0 Å². The summed E-state index contributed by atoms with van der Waals surface area (Å²) in [5, 5.41) is 20.6. The highest BCUT2D eigenvalue weighted by atomic mass is 127. The van der Waals surface area contributed by atoms with Crippen molar-refractivity contribution in [3.05, 3.63) is 50.1 Å². The summed E-state index contributed by atoms with van der Waals surface area (Å²) >= 11 is 1.90. The molecule has 96 valence electrons. The van der Waals surface area contributed by atoms with Gasteiger partial charge < -0.3 is 5.11 Å². The van der Waals surface area contributed by atoms with Crippen LogP contribution in [0.2, 0.25) is 0 Å². The zero-order chi connectivity index (χ0) is 13.9. The Hall–Kier alpha value is -1.28. The number of benzene rings is 1. The average molecular weight is 361 g/mol. The molecule has 1 N–H and O–H groups in total. The summed E-state index contributed by atoms with van der Waals surface area (Å²) in [6.07, 6.45) is -1.03. The topological polar surface area (TPSA) is 80.4 Å². The van der Waals surface area contributed by atoms with E-state index < -0.39 is 16.9 Å². The lowest BCUT2D eigenvalue weighted by Gasteiger charge is -2.19. The predicted octanol–water partition coefficient (Wildman–Crippen LogP) is 2.78. The number of carbonyl (C=O) groups is 1. The molecule has 0 saturated heterocycles. The number of nitrogens with zero attached hydrogens (tertiary/aromatic N) is 1. The molecule has 1 unspecified atom stereocenters. The number of aliphatic hydroxyl groups is 1. The minimum atomic E-state index is -1.03. The van der Waals surface area contributed by atoms with Crippen LogP contribution in [0.5, 0.6) is 0 Å². The van der Waals surface area contributed by atoms with Crippen LogP contribution in [-0.4, -0.2) is 15.8 Å². The van der Waals surface area contributed by atoms with Gasteiger partial charge >= 0.3 is 0 Å². The van der Waals surface area contributed by atoms with Crippen molar-refractivity contribution >= 4 is 34.1 Å². The van der Waals surface area contributed by atoms with Gasteiger partial charge in [0, 0.05) is 12.1 Å². The molecule has 0 radical (unpaired) electrons. The van der Waals surface area contributed by atoms with Gasteiger partial charge in [0.05, 0.1) is 16.9 Å². The zero-order valence-electron chi connectivity index (χ0n) is 9.67. The van der Waals surface area contributed by atoms with Crippen LogP contribution in [0, 0.1) is 16.0 Å². The van der Waals surface area contributed by atoms with Crippen molar-refractivity contribution in [2.45, 2.75) is 13.0 Å². The van der Waals surface area contributed by atoms with E-state index in [1.54, 1.807) is 0 Å². The highest BCUT2D eigenvalue weighted by Crippen LogP contribution is 2.31. The van der Waals surface area contributed by atoms with Gasteiger partial charge in [-0.1, -0.05) is 6.58 Å². The van der Waals surface area contributed by atoms with E-state index >= 15 is 0 Å². The lowest BCUT2D eigenvalue weighted by atomic mass is 9.92. The number of non-ortho nitro benzene ring substituents is 1. The zero-order valence-corrected chi connectivity index (χ0v) is 11.8. The van der Waals surface area contributed by atoms with E-state index in [4.69, 9.17) is 0 Å². The number of nitro groups is 1. The van der Waals surface area contributed by atoms with Gasteiger partial charge in [0.25, 0.3) is 5.69 Å². The average Bonchev–Trinajstić information content (AvgIpc) is 2.28. The Morgan fingerprint density at radius 2 is 1.94 bits per heavy atom. The maximum atomic E-state index is 11.4. The molecule has 0 aliphatic rings. The van der Waals surface area contributed by atoms with Crippen LogP contribution < -0.4 is 0 Å². The van der Waals surface area contributed by atoms with Crippen molar-refractivity contribution in [2.24, 2.45) is 5.92 Å². The molecule has 0 aliphatic heterocycles. The fourth-order valence-electron chi connectivity index (χ4n) is 1.60. The van der Waals surface area contributed by atoms with Crippen LogP contribution in [0.1, 0.15) is 18.6 Å². The first-order valence-electron chi connectivity index (χ1n) is 5.11. The Bertz CT molecular complexity index is 469. The second-order valence-electron chi connectivity index (χ2n) is 3.83. The van der Waals surface area contributed by atoms with Crippen LogP contribution >= 0.6 is 22.6 Å². The second-order valence-corrected chi connectivity index (χ2v) is 5.21. The molecule has 18 heavy (non-hydrogen) atoms. The Balaban J connectivity index is 3.02. The summed E-state index contributed by atoms with van der Waals surface area (Å²) in [4.78, 5) is 21.4. The lowest BCUT2D eigenvalue weighted by molar-refractivity contribution is -0.384. The van der Waals surface area contributed by atoms with Crippen molar-refractivity contribution < 1.29 is 14.8 Å².